The Labute approximate surface area is 560 Å². The first-order chi connectivity index (χ1) is 44.9. The molecule has 0 atom stereocenters. The molecule has 2 aromatic heterocycles. The van der Waals surface area contributed by atoms with Gasteiger partial charge in [0.15, 0.2) is 15.6 Å². The number of hydrogen-bond acceptors (Lipinski definition) is 17. The fourth-order valence-corrected chi connectivity index (χ4v) is 12.4. The summed E-state index contributed by atoms with van der Waals surface area (Å²) in [6.07, 6.45) is 6.96. The monoisotopic (exact) mass is 1390 g/mol. The number of fused-ring (bicyclic) bond motifs is 1. The Balaban J connectivity index is 0.000000183. The van der Waals surface area contributed by atoms with E-state index < -0.39 is 48.5 Å². The van der Waals surface area contributed by atoms with Gasteiger partial charge in [-0.2, -0.15) is 0 Å². The molecule has 24 nitrogen and oxygen atoms in total. The summed E-state index contributed by atoms with van der Waals surface area (Å²) in [5, 5.41) is 18.8. The van der Waals surface area contributed by atoms with Crippen molar-refractivity contribution in [1.29, 1.82) is 0 Å². The van der Waals surface area contributed by atoms with Crippen LogP contribution in [0.5, 0.6) is 17.4 Å². The summed E-state index contributed by atoms with van der Waals surface area (Å²) >= 11 is 11.5. The Hall–Kier alpha value is -8.82. The number of sulfonamides is 1. The number of para-hydroxylation sites is 1. The molecule has 10 rings (SSSR count). The van der Waals surface area contributed by atoms with Crippen LogP contribution in [0.4, 0.5) is 0 Å². The number of aromatic nitrogens is 4. The van der Waals surface area contributed by atoms with Crippen molar-refractivity contribution < 1.29 is 69.7 Å². The second-order valence-electron chi connectivity index (χ2n) is 23.4. The van der Waals surface area contributed by atoms with E-state index in [0.717, 1.165) is 48.6 Å². The number of benzene rings is 5. The summed E-state index contributed by atoms with van der Waals surface area (Å²) in [6.45, 7) is 15.9. The summed E-state index contributed by atoms with van der Waals surface area (Å²) in [4.78, 5) is 90.6. The summed E-state index contributed by atoms with van der Waals surface area (Å²) in [5.74, 6) is -1.56. The van der Waals surface area contributed by atoms with Crippen molar-refractivity contribution in [2.24, 2.45) is 17.6 Å². The number of ketones is 1. The molecule has 1 saturated carbocycles. The lowest BCUT2D eigenvalue weighted by Gasteiger charge is -2.19. The highest BCUT2D eigenvalue weighted by Crippen LogP contribution is 2.37. The van der Waals surface area contributed by atoms with Crippen LogP contribution < -0.4 is 35.4 Å². The SMILES string of the molecule is CCc1cc(C)cc(CC)c1-c1c(OC(=O)C(C)(C)C)n2n(c1=O)CCOCC2.COc1ccccc1C(=O)NS(=O)(=O)c1ccc(C(=O)NC2CC2)cc1.Cc1c(C(=O)c2c[nH]n(C)c2=O)ccc(S(C)(=O)=O)c1C1=NOCC1.O=C(O)CCCOc1ccc(Cl)cc1Cl. The number of carboxylic acid groups (broad SMARTS) is 1. The van der Waals surface area contributed by atoms with Crippen molar-refractivity contribution in [1.82, 2.24) is 29.2 Å². The largest absolute Gasteiger partial charge is 0.496 e. The van der Waals surface area contributed by atoms with Gasteiger partial charge in [0.25, 0.3) is 33.0 Å². The first-order valence-corrected chi connectivity index (χ1v) is 34.5. The van der Waals surface area contributed by atoms with Crippen molar-refractivity contribution in [3.63, 3.8) is 0 Å². The van der Waals surface area contributed by atoms with Gasteiger partial charge in [0.1, 0.15) is 29.2 Å². The summed E-state index contributed by atoms with van der Waals surface area (Å²) < 4.78 is 77.6. The van der Waals surface area contributed by atoms with E-state index in [-0.39, 0.29) is 62.1 Å². The quantitative estimate of drug-likeness (QED) is 0.0333. The molecule has 7 aromatic rings. The highest BCUT2D eigenvalue weighted by molar-refractivity contribution is 7.91. The van der Waals surface area contributed by atoms with Crippen molar-refractivity contribution >= 4 is 78.3 Å². The van der Waals surface area contributed by atoms with E-state index >= 15 is 0 Å². The van der Waals surface area contributed by atoms with Crippen LogP contribution in [-0.4, -0.2) is 122 Å². The molecule has 4 heterocycles. The number of carbonyl (C=O) groups is 5. The number of nitrogens with one attached hydrogen (secondary N) is 3. The number of rotatable bonds is 19. The van der Waals surface area contributed by atoms with Crippen molar-refractivity contribution in [2.75, 3.05) is 39.8 Å². The predicted molar refractivity (Wildman–Crippen MR) is 358 cm³/mol. The molecular weight excluding hydrogens is 1310 g/mol. The van der Waals surface area contributed by atoms with Crippen LogP contribution in [-0.2, 0) is 72.0 Å². The van der Waals surface area contributed by atoms with Gasteiger partial charge in [0.2, 0.25) is 5.88 Å². The van der Waals surface area contributed by atoms with Gasteiger partial charge < -0.3 is 39.3 Å². The van der Waals surface area contributed by atoms with Crippen LogP contribution in [0.25, 0.3) is 11.1 Å². The second kappa shape index (κ2) is 32.1. The molecule has 2 aliphatic heterocycles. The van der Waals surface area contributed by atoms with Gasteiger partial charge in [-0.25, -0.2) is 30.9 Å². The molecule has 1 fully saturated rings. The average molecular weight is 1390 g/mol. The van der Waals surface area contributed by atoms with Gasteiger partial charge in [-0.15, -0.1) is 0 Å². The molecular formula is C67H77Cl2N7O17S2. The number of sulfone groups is 1. The fraction of sp³-hybridized carbons (Fsp3) is 0.373. The topological polar surface area (TPSA) is 321 Å². The third kappa shape index (κ3) is 18.8. The summed E-state index contributed by atoms with van der Waals surface area (Å²) in [5.41, 5.74) is 5.58. The third-order valence-electron chi connectivity index (χ3n) is 15.1. The Morgan fingerprint density at radius 3 is 1.99 bits per heavy atom. The molecule has 0 unspecified atom stereocenters. The zero-order valence-electron chi connectivity index (χ0n) is 54.3. The average Bonchev–Trinajstić information content (AvgIpc) is 1.64. The van der Waals surface area contributed by atoms with Gasteiger partial charge in [0, 0.05) is 60.1 Å². The first-order valence-electron chi connectivity index (χ1n) is 30.4. The summed E-state index contributed by atoms with van der Waals surface area (Å²) in [7, 11) is -4.69. The van der Waals surface area contributed by atoms with Crippen LogP contribution in [0.2, 0.25) is 10.0 Å². The Morgan fingerprint density at radius 2 is 1.43 bits per heavy atom. The van der Waals surface area contributed by atoms with Gasteiger partial charge in [-0.3, -0.25) is 38.2 Å². The minimum atomic E-state index is -4.07. The molecule has 28 heteroatoms. The van der Waals surface area contributed by atoms with Gasteiger partial charge in [-0.05, 0) is 156 Å². The Bertz CT molecular complexity index is 4380. The maximum atomic E-state index is 13.5. The van der Waals surface area contributed by atoms with E-state index in [1.807, 2.05) is 25.5 Å². The third-order valence-corrected chi connectivity index (χ3v) is 18.1. The number of aromatic amines is 1. The number of carboxylic acids is 1. The first kappa shape index (κ1) is 73.6. The second-order valence-corrected chi connectivity index (χ2v) is 27.9. The molecule has 508 valence electrons. The number of halogens is 2. The lowest BCUT2D eigenvalue weighted by Crippen LogP contribution is -2.31. The van der Waals surface area contributed by atoms with E-state index in [1.54, 1.807) is 52.7 Å². The number of ether oxygens (including phenoxy) is 4. The van der Waals surface area contributed by atoms with Crippen molar-refractivity contribution in [3.05, 3.63) is 178 Å². The number of oxime groups is 1. The maximum Gasteiger partial charge on any atom is 0.317 e. The van der Waals surface area contributed by atoms with Crippen LogP contribution in [0, 0.1) is 19.3 Å². The highest BCUT2D eigenvalue weighted by Gasteiger charge is 2.33. The molecule has 2 amide bonds. The molecule has 0 radical (unpaired) electrons. The number of amides is 2. The maximum absolute atomic E-state index is 13.5. The van der Waals surface area contributed by atoms with E-state index in [2.05, 4.69) is 48.5 Å². The number of methoxy groups -OCH3 is 1. The number of esters is 1. The lowest BCUT2D eigenvalue weighted by molar-refractivity contribution is -0.143. The molecule has 4 N–H and O–H groups in total. The number of aliphatic carboxylic acids is 1. The summed E-state index contributed by atoms with van der Waals surface area (Å²) in [6, 6.07) is 23.9. The number of aryl methyl sites for hydroxylation is 4. The molecule has 5 aromatic carbocycles. The molecule has 0 bridgehead atoms. The van der Waals surface area contributed by atoms with Crippen molar-refractivity contribution in [3.8, 4) is 28.5 Å². The molecule has 0 saturated heterocycles. The number of carbonyl (C=O) groups excluding carboxylic acids is 4. The zero-order chi connectivity index (χ0) is 69.7. The Morgan fingerprint density at radius 1 is 0.779 bits per heavy atom. The molecule has 95 heavy (non-hydrogen) atoms. The standard InChI is InChI=1S/C23H32N2O4.C18H18N2O5S.C16H17N3O5S.C10H10Cl2O3/c1-7-16-13-15(3)14-17(8-2)18(16)19-20(26)24-9-11-28-12-10-25(24)21(19)29-22(27)23(4,5)6;1-25-16-5-3-2-4-15(16)18(22)20-26(23,24)14-10-6-12(7-11-14)17(21)19-13-8-9-13;1-9-10(15(20)11-8-17-19(2)16(11)21)4-5-13(25(3,22)23)14(9)12-6-7-24-18-12;11-7-3-4-9(8(12)6-7)15-5-1-2-10(13)14/h13-14H,7-12H2,1-6H3;2-7,10-11,13H,8-9H2,1H3,(H,19,21)(H,20,22);4-5,8,17H,6-7H2,1-3H3;3-4,6H,1-2,5H2,(H,13,14). The van der Waals surface area contributed by atoms with Crippen molar-refractivity contribution in [2.45, 2.75) is 122 Å². The fourth-order valence-electron chi connectivity index (χ4n) is 10.00. The zero-order valence-corrected chi connectivity index (χ0v) is 57.5. The smallest absolute Gasteiger partial charge is 0.317 e. The van der Waals surface area contributed by atoms with E-state index in [9.17, 15) is 50.4 Å². The lowest BCUT2D eigenvalue weighted by atomic mass is 9.91. The number of nitrogens with zero attached hydrogens (tertiary/aromatic N) is 4. The van der Waals surface area contributed by atoms with Gasteiger partial charge in [-0.1, -0.05) is 72.0 Å². The minimum absolute atomic E-state index is 0.00623. The molecule has 3 aliphatic rings. The predicted octanol–water partition coefficient (Wildman–Crippen LogP) is 9.46. The van der Waals surface area contributed by atoms with Gasteiger partial charge in [0.05, 0.1) is 71.5 Å². The Kier molecular flexibility index (Phi) is 24.8. The van der Waals surface area contributed by atoms with Crippen LogP contribution in [0.1, 0.15) is 131 Å². The number of H-pyrrole nitrogens is 1. The highest BCUT2D eigenvalue weighted by atomic mass is 35.5. The van der Waals surface area contributed by atoms with Crippen LogP contribution in [0.3, 0.4) is 0 Å². The van der Waals surface area contributed by atoms with E-state index in [4.69, 9.17) is 52.1 Å². The molecule has 1 aliphatic carbocycles. The van der Waals surface area contributed by atoms with Crippen LogP contribution >= 0.6 is 23.2 Å². The van der Waals surface area contributed by atoms with E-state index in [0.29, 0.717) is 102 Å². The van der Waals surface area contributed by atoms with E-state index in [1.165, 1.54) is 73.1 Å². The number of hydrogen-bond donors (Lipinski definition) is 4. The van der Waals surface area contributed by atoms with Crippen LogP contribution in [0.15, 0.2) is 122 Å². The van der Waals surface area contributed by atoms with Gasteiger partial charge >= 0.3 is 11.9 Å². The molecule has 0 spiro atoms. The minimum Gasteiger partial charge on any atom is -0.496 e. The normalized spacial score (nSPS) is 13.5.